The zero-order chi connectivity index (χ0) is 14.4. The predicted octanol–water partition coefficient (Wildman–Crippen LogP) is 2.38. The largest absolute Gasteiger partial charge is 0.484 e. The van der Waals surface area contributed by atoms with Gasteiger partial charge in [0.05, 0.1) is 6.07 Å². The summed E-state index contributed by atoms with van der Waals surface area (Å²) in [6, 6.07) is 9.22. The molecule has 0 fully saturated rings. The Bertz CT molecular complexity index is 460. The maximum absolute atomic E-state index is 11.9. The minimum atomic E-state index is -0.422. The summed E-state index contributed by atoms with van der Waals surface area (Å²) >= 11 is 0. The molecule has 19 heavy (non-hydrogen) atoms. The second kappa shape index (κ2) is 6.79. The number of likely N-dealkylation sites (N-methyl/N-ethyl adjacent to an activating group) is 1. The summed E-state index contributed by atoms with van der Waals surface area (Å²) in [7, 11) is 1.63. The van der Waals surface area contributed by atoms with E-state index in [0.29, 0.717) is 5.75 Å². The molecule has 1 rings (SSSR count). The van der Waals surface area contributed by atoms with Crippen LogP contribution < -0.4 is 4.74 Å². The van der Waals surface area contributed by atoms with Crippen LogP contribution in [0.4, 0.5) is 0 Å². The van der Waals surface area contributed by atoms with Crippen LogP contribution in [0.25, 0.3) is 0 Å². The summed E-state index contributed by atoms with van der Waals surface area (Å²) < 4.78 is 5.42. The van der Waals surface area contributed by atoms with Gasteiger partial charge in [-0.25, -0.2) is 0 Å². The van der Waals surface area contributed by atoms with Crippen LogP contribution in [0, 0.1) is 24.2 Å². The van der Waals surface area contributed by atoms with Gasteiger partial charge in [0.15, 0.2) is 6.61 Å². The van der Waals surface area contributed by atoms with E-state index in [1.165, 1.54) is 4.90 Å². The van der Waals surface area contributed by atoms with Crippen LogP contribution in [0.2, 0.25) is 0 Å². The molecule has 0 radical (unpaired) electrons. The standard InChI is InChI=1S/C15H20N2O2/c1-11(2)14(9-16)17(4)15(18)10-19-13-7-5-12(3)6-8-13/h5-8,11,14H,10H2,1-4H3. The monoisotopic (exact) mass is 260 g/mol. The van der Waals surface area contributed by atoms with Crippen LogP contribution in [0.5, 0.6) is 5.75 Å². The normalized spacial score (nSPS) is 11.8. The summed E-state index contributed by atoms with van der Waals surface area (Å²) in [5.74, 6) is 0.560. The fourth-order valence-corrected chi connectivity index (χ4v) is 1.72. The van der Waals surface area contributed by atoms with E-state index in [9.17, 15) is 4.79 Å². The molecular weight excluding hydrogens is 240 g/mol. The lowest BCUT2D eigenvalue weighted by Gasteiger charge is -2.25. The van der Waals surface area contributed by atoms with Gasteiger partial charge in [-0.3, -0.25) is 4.79 Å². The third-order valence-corrected chi connectivity index (χ3v) is 2.96. The number of rotatable bonds is 5. The Morgan fingerprint density at radius 2 is 1.95 bits per heavy atom. The number of hydrogen-bond acceptors (Lipinski definition) is 3. The van der Waals surface area contributed by atoms with Crippen LogP contribution in [-0.4, -0.2) is 30.5 Å². The van der Waals surface area contributed by atoms with Gasteiger partial charge in [0.2, 0.25) is 0 Å². The van der Waals surface area contributed by atoms with Crippen molar-refractivity contribution in [2.75, 3.05) is 13.7 Å². The number of amides is 1. The van der Waals surface area contributed by atoms with Crippen LogP contribution in [0.15, 0.2) is 24.3 Å². The first kappa shape index (κ1) is 15.0. The van der Waals surface area contributed by atoms with Gasteiger partial charge in [0.25, 0.3) is 5.91 Å². The van der Waals surface area contributed by atoms with E-state index in [2.05, 4.69) is 6.07 Å². The number of carbonyl (C=O) groups excluding carboxylic acids is 1. The van der Waals surface area contributed by atoms with Crippen LogP contribution in [0.3, 0.4) is 0 Å². The quantitative estimate of drug-likeness (QED) is 0.816. The Hall–Kier alpha value is -2.02. The summed E-state index contributed by atoms with van der Waals surface area (Å²) in [5, 5.41) is 9.05. The molecule has 1 amide bonds. The smallest absolute Gasteiger partial charge is 0.261 e. The van der Waals surface area contributed by atoms with Crippen molar-refractivity contribution in [2.45, 2.75) is 26.8 Å². The average molecular weight is 260 g/mol. The Labute approximate surface area is 114 Å². The Balaban J connectivity index is 2.55. The van der Waals surface area contributed by atoms with Crippen molar-refractivity contribution in [2.24, 2.45) is 5.92 Å². The SMILES string of the molecule is Cc1ccc(OCC(=O)N(C)C(C#N)C(C)C)cc1. The number of ether oxygens (including phenoxy) is 1. The first-order chi connectivity index (χ1) is 8.95. The van der Waals surface area contributed by atoms with Gasteiger partial charge in [0, 0.05) is 7.05 Å². The van der Waals surface area contributed by atoms with Gasteiger partial charge in [-0.2, -0.15) is 5.26 Å². The van der Waals surface area contributed by atoms with E-state index in [1.54, 1.807) is 7.05 Å². The summed E-state index contributed by atoms with van der Waals surface area (Å²) in [6.07, 6.45) is 0. The zero-order valence-corrected chi connectivity index (χ0v) is 11.9. The van der Waals surface area contributed by atoms with Crippen LogP contribution >= 0.6 is 0 Å². The molecule has 0 aliphatic carbocycles. The van der Waals surface area contributed by atoms with Gasteiger partial charge >= 0.3 is 0 Å². The molecule has 1 atom stereocenters. The highest BCUT2D eigenvalue weighted by Gasteiger charge is 2.22. The number of aryl methyl sites for hydroxylation is 1. The molecule has 0 heterocycles. The molecule has 1 unspecified atom stereocenters. The highest BCUT2D eigenvalue weighted by molar-refractivity contribution is 5.78. The van der Waals surface area contributed by atoms with Crippen molar-refractivity contribution in [3.63, 3.8) is 0 Å². The molecule has 0 saturated heterocycles. The summed E-state index contributed by atoms with van der Waals surface area (Å²) in [5.41, 5.74) is 1.14. The summed E-state index contributed by atoms with van der Waals surface area (Å²) in [6.45, 7) is 5.77. The van der Waals surface area contributed by atoms with Crippen molar-refractivity contribution in [3.05, 3.63) is 29.8 Å². The van der Waals surface area contributed by atoms with E-state index in [4.69, 9.17) is 10.00 Å². The van der Waals surface area contributed by atoms with E-state index < -0.39 is 6.04 Å². The summed E-state index contributed by atoms with van der Waals surface area (Å²) in [4.78, 5) is 13.4. The lowest BCUT2D eigenvalue weighted by atomic mass is 10.0. The lowest BCUT2D eigenvalue weighted by molar-refractivity contribution is -0.133. The van der Waals surface area contributed by atoms with Crippen LogP contribution in [0.1, 0.15) is 19.4 Å². The topological polar surface area (TPSA) is 53.3 Å². The number of nitriles is 1. The minimum Gasteiger partial charge on any atom is -0.484 e. The third kappa shape index (κ3) is 4.29. The highest BCUT2D eigenvalue weighted by atomic mass is 16.5. The van der Waals surface area contributed by atoms with E-state index in [0.717, 1.165) is 5.56 Å². The maximum atomic E-state index is 11.9. The van der Waals surface area contributed by atoms with Gasteiger partial charge in [0.1, 0.15) is 11.8 Å². The van der Waals surface area contributed by atoms with Gasteiger partial charge < -0.3 is 9.64 Å². The number of benzene rings is 1. The molecule has 0 saturated carbocycles. The highest BCUT2D eigenvalue weighted by Crippen LogP contribution is 2.12. The van der Waals surface area contributed by atoms with Crippen molar-refractivity contribution in [3.8, 4) is 11.8 Å². The van der Waals surface area contributed by atoms with Crippen molar-refractivity contribution < 1.29 is 9.53 Å². The Morgan fingerprint density at radius 1 is 1.37 bits per heavy atom. The minimum absolute atomic E-state index is 0.0511. The molecule has 1 aromatic rings. The molecule has 102 valence electrons. The van der Waals surface area contributed by atoms with Gasteiger partial charge in [-0.15, -0.1) is 0 Å². The fourth-order valence-electron chi connectivity index (χ4n) is 1.72. The Kier molecular flexibility index (Phi) is 5.37. The molecule has 0 N–H and O–H groups in total. The van der Waals surface area contributed by atoms with Crippen LogP contribution in [-0.2, 0) is 4.79 Å². The average Bonchev–Trinajstić information content (AvgIpc) is 2.38. The molecule has 0 aromatic heterocycles. The molecule has 0 bridgehead atoms. The first-order valence-electron chi connectivity index (χ1n) is 6.30. The van der Waals surface area contributed by atoms with Gasteiger partial charge in [-0.05, 0) is 25.0 Å². The molecule has 1 aromatic carbocycles. The van der Waals surface area contributed by atoms with E-state index in [-0.39, 0.29) is 18.4 Å². The molecule has 0 aliphatic rings. The van der Waals surface area contributed by atoms with Gasteiger partial charge in [-0.1, -0.05) is 31.5 Å². The predicted molar refractivity (Wildman–Crippen MR) is 73.7 cm³/mol. The van der Waals surface area contributed by atoms with E-state index >= 15 is 0 Å². The molecule has 0 spiro atoms. The second-order valence-electron chi connectivity index (χ2n) is 4.92. The molecular formula is C15H20N2O2. The molecule has 0 aliphatic heterocycles. The van der Waals surface area contributed by atoms with Crippen molar-refractivity contribution >= 4 is 5.91 Å². The number of nitrogens with zero attached hydrogens (tertiary/aromatic N) is 2. The van der Waals surface area contributed by atoms with E-state index in [1.807, 2.05) is 45.0 Å². The lowest BCUT2D eigenvalue weighted by Crippen LogP contribution is -2.41. The van der Waals surface area contributed by atoms with Crippen molar-refractivity contribution in [1.29, 1.82) is 5.26 Å². The molecule has 4 heteroatoms. The first-order valence-corrected chi connectivity index (χ1v) is 6.30. The zero-order valence-electron chi connectivity index (χ0n) is 11.9. The fraction of sp³-hybridized carbons (Fsp3) is 0.467. The number of hydrogen-bond donors (Lipinski definition) is 0. The number of carbonyl (C=O) groups is 1. The maximum Gasteiger partial charge on any atom is 0.261 e. The third-order valence-electron chi connectivity index (χ3n) is 2.96. The molecule has 4 nitrogen and oxygen atoms in total. The second-order valence-corrected chi connectivity index (χ2v) is 4.92. The van der Waals surface area contributed by atoms with Crippen molar-refractivity contribution in [1.82, 2.24) is 4.90 Å². The Morgan fingerprint density at radius 3 is 2.42 bits per heavy atom.